The zero-order valence-electron chi connectivity index (χ0n) is 9.28. The smallest absolute Gasteiger partial charge is 0.321 e. The molecule has 2 N–H and O–H groups in total. The zero-order chi connectivity index (χ0) is 11.4. The lowest BCUT2D eigenvalue weighted by molar-refractivity contribution is -0.139. The number of hydrogen-bond acceptors (Lipinski definition) is 2. The van der Waals surface area contributed by atoms with Crippen molar-refractivity contribution in [1.82, 2.24) is 5.32 Å². The Morgan fingerprint density at radius 1 is 1.25 bits per heavy atom. The first-order chi connectivity index (χ1) is 7.77. The van der Waals surface area contributed by atoms with Gasteiger partial charge in [0.05, 0.1) is 0 Å². The van der Waals surface area contributed by atoms with Crippen LogP contribution in [0.5, 0.6) is 0 Å². The summed E-state index contributed by atoms with van der Waals surface area (Å²) < 4.78 is 0. The van der Waals surface area contributed by atoms with Gasteiger partial charge in [-0.2, -0.15) is 0 Å². The number of benzene rings is 1. The molecule has 0 radical (unpaired) electrons. The summed E-state index contributed by atoms with van der Waals surface area (Å²) in [5.74, 6) is -0.753. The van der Waals surface area contributed by atoms with Crippen molar-refractivity contribution in [1.29, 1.82) is 0 Å². The van der Waals surface area contributed by atoms with Gasteiger partial charge < -0.3 is 10.4 Å². The van der Waals surface area contributed by atoms with Crippen LogP contribution in [0.4, 0.5) is 0 Å². The molecule has 0 saturated carbocycles. The van der Waals surface area contributed by atoms with E-state index in [1.165, 1.54) is 11.1 Å². The molecule has 1 atom stereocenters. The minimum absolute atomic E-state index is 0.445. The van der Waals surface area contributed by atoms with Crippen LogP contribution in [0.1, 0.15) is 24.0 Å². The molecule has 1 aromatic rings. The third-order valence-corrected chi connectivity index (χ3v) is 3.10. The zero-order valence-corrected chi connectivity index (χ0v) is 9.28. The molecule has 1 aromatic carbocycles. The van der Waals surface area contributed by atoms with E-state index in [1.807, 2.05) is 18.2 Å². The number of carboxylic acids is 1. The van der Waals surface area contributed by atoms with Crippen molar-refractivity contribution >= 4 is 5.97 Å². The maximum Gasteiger partial charge on any atom is 0.321 e. The molecular formula is C13H17NO2. The molecule has 0 aliphatic carbocycles. The first-order valence-corrected chi connectivity index (χ1v) is 5.80. The molecule has 1 heterocycles. The number of carbonyl (C=O) groups is 1. The molecule has 2 rings (SSSR count). The number of hydrogen-bond donors (Lipinski definition) is 2. The second kappa shape index (κ2) is 5.12. The van der Waals surface area contributed by atoms with Gasteiger partial charge >= 0.3 is 5.97 Å². The van der Waals surface area contributed by atoms with E-state index in [-0.39, 0.29) is 0 Å². The van der Waals surface area contributed by atoms with Gasteiger partial charge in [0.2, 0.25) is 0 Å². The van der Waals surface area contributed by atoms with Gasteiger partial charge in [-0.15, -0.1) is 0 Å². The lowest BCUT2D eigenvalue weighted by Gasteiger charge is -2.14. The highest BCUT2D eigenvalue weighted by atomic mass is 16.4. The first-order valence-electron chi connectivity index (χ1n) is 5.80. The Morgan fingerprint density at radius 3 is 2.75 bits per heavy atom. The Kier molecular flexibility index (Phi) is 3.57. The summed E-state index contributed by atoms with van der Waals surface area (Å²) in [6.07, 6.45) is 3.81. The summed E-state index contributed by atoms with van der Waals surface area (Å²) in [6, 6.07) is 7.71. The Balaban J connectivity index is 2.24. The van der Waals surface area contributed by atoms with Gasteiger partial charge in [0.15, 0.2) is 0 Å². The number of aryl methyl sites for hydroxylation is 1. The molecule has 3 heteroatoms. The number of rotatable bonds is 1. The van der Waals surface area contributed by atoms with Crippen molar-refractivity contribution < 1.29 is 9.90 Å². The second-order valence-corrected chi connectivity index (χ2v) is 4.27. The van der Waals surface area contributed by atoms with Crippen LogP contribution in [-0.2, 0) is 17.6 Å². The SMILES string of the molecule is O=C(O)C1Cc2ccccc2CCCCN1. The maximum atomic E-state index is 11.1. The minimum Gasteiger partial charge on any atom is -0.480 e. The lowest BCUT2D eigenvalue weighted by Crippen LogP contribution is -2.38. The van der Waals surface area contributed by atoms with Crippen LogP contribution in [0.15, 0.2) is 24.3 Å². The molecule has 0 spiro atoms. The van der Waals surface area contributed by atoms with E-state index in [4.69, 9.17) is 5.11 Å². The Hall–Kier alpha value is -1.35. The summed E-state index contributed by atoms with van der Waals surface area (Å²) >= 11 is 0. The number of aliphatic carboxylic acids is 1. The van der Waals surface area contributed by atoms with Crippen molar-refractivity contribution in [2.45, 2.75) is 31.7 Å². The summed E-state index contributed by atoms with van der Waals surface area (Å²) in [5, 5.41) is 12.2. The molecule has 86 valence electrons. The van der Waals surface area contributed by atoms with E-state index in [9.17, 15) is 4.79 Å². The van der Waals surface area contributed by atoms with Crippen molar-refractivity contribution in [3.63, 3.8) is 0 Å². The minimum atomic E-state index is -0.753. The van der Waals surface area contributed by atoms with Gasteiger partial charge in [0.1, 0.15) is 6.04 Å². The summed E-state index contributed by atoms with van der Waals surface area (Å²) in [7, 11) is 0. The predicted octanol–water partition coefficient (Wildman–Crippen LogP) is 1.61. The van der Waals surface area contributed by atoms with Gasteiger partial charge in [-0.05, 0) is 43.4 Å². The molecule has 0 fully saturated rings. The van der Waals surface area contributed by atoms with Crippen LogP contribution in [0, 0.1) is 0 Å². The molecule has 1 unspecified atom stereocenters. The average molecular weight is 219 g/mol. The molecular weight excluding hydrogens is 202 g/mol. The largest absolute Gasteiger partial charge is 0.480 e. The van der Waals surface area contributed by atoms with Crippen molar-refractivity contribution in [2.75, 3.05) is 6.54 Å². The van der Waals surface area contributed by atoms with E-state index in [0.29, 0.717) is 6.42 Å². The van der Waals surface area contributed by atoms with Crippen LogP contribution < -0.4 is 5.32 Å². The van der Waals surface area contributed by atoms with E-state index in [1.54, 1.807) is 0 Å². The highest BCUT2D eigenvalue weighted by molar-refractivity contribution is 5.74. The van der Waals surface area contributed by atoms with Crippen LogP contribution >= 0.6 is 0 Å². The van der Waals surface area contributed by atoms with E-state index in [0.717, 1.165) is 25.8 Å². The summed E-state index contributed by atoms with van der Waals surface area (Å²) in [6.45, 7) is 0.797. The summed E-state index contributed by atoms with van der Waals surface area (Å²) in [5.41, 5.74) is 2.47. The number of fused-ring (bicyclic) bond motifs is 1. The molecule has 0 bridgehead atoms. The van der Waals surface area contributed by atoms with Gasteiger partial charge in [0, 0.05) is 0 Å². The molecule has 0 saturated heterocycles. The monoisotopic (exact) mass is 219 g/mol. The molecule has 0 aromatic heterocycles. The second-order valence-electron chi connectivity index (χ2n) is 4.27. The fourth-order valence-electron chi connectivity index (χ4n) is 2.18. The Labute approximate surface area is 95.5 Å². The fraction of sp³-hybridized carbons (Fsp3) is 0.462. The van der Waals surface area contributed by atoms with E-state index < -0.39 is 12.0 Å². The van der Waals surface area contributed by atoms with Gasteiger partial charge in [0.25, 0.3) is 0 Å². The van der Waals surface area contributed by atoms with Gasteiger partial charge in [-0.25, -0.2) is 0 Å². The van der Waals surface area contributed by atoms with Gasteiger partial charge in [-0.1, -0.05) is 24.3 Å². The molecule has 0 amide bonds. The Morgan fingerprint density at radius 2 is 2.00 bits per heavy atom. The first kappa shape index (κ1) is 11.1. The quantitative estimate of drug-likeness (QED) is 0.754. The normalized spacial score (nSPS) is 21.4. The van der Waals surface area contributed by atoms with E-state index in [2.05, 4.69) is 11.4 Å². The van der Waals surface area contributed by atoms with Crippen LogP contribution in [-0.4, -0.2) is 23.7 Å². The fourth-order valence-corrected chi connectivity index (χ4v) is 2.18. The van der Waals surface area contributed by atoms with Crippen LogP contribution in [0.2, 0.25) is 0 Å². The van der Waals surface area contributed by atoms with E-state index >= 15 is 0 Å². The Bertz CT molecular complexity index is 376. The molecule has 3 nitrogen and oxygen atoms in total. The van der Waals surface area contributed by atoms with Crippen molar-refractivity contribution in [3.05, 3.63) is 35.4 Å². The van der Waals surface area contributed by atoms with Crippen molar-refractivity contribution in [3.8, 4) is 0 Å². The van der Waals surface area contributed by atoms with Gasteiger partial charge in [-0.3, -0.25) is 4.79 Å². The molecule has 1 aliphatic rings. The highest BCUT2D eigenvalue weighted by Crippen LogP contribution is 2.15. The topological polar surface area (TPSA) is 49.3 Å². The van der Waals surface area contributed by atoms with Crippen LogP contribution in [0.25, 0.3) is 0 Å². The highest BCUT2D eigenvalue weighted by Gasteiger charge is 2.19. The standard InChI is InChI=1S/C13H17NO2/c15-13(16)12-9-11-7-2-1-5-10(11)6-3-4-8-14-12/h1-2,5,7,12,14H,3-4,6,8-9H2,(H,15,16). The predicted molar refractivity (Wildman–Crippen MR) is 62.5 cm³/mol. The molecule has 1 aliphatic heterocycles. The molecule has 16 heavy (non-hydrogen) atoms. The summed E-state index contributed by atoms with van der Waals surface area (Å²) in [4.78, 5) is 11.1. The van der Waals surface area contributed by atoms with Crippen LogP contribution in [0.3, 0.4) is 0 Å². The number of nitrogens with one attached hydrogen (secondary N) is 1. The third-order valence-electron chi connectivity index (χ3n) is 3.10. The lowest BCUT2D eigenvalue weighted by atomic mass is 9.98. The third kappa shape index (κ3) is 2.61. The maximum absolute atomic E-state index is 11.1. The number of carboxylic acid groups (broad SMARTS) is 1. The van der Waals surface area contributed by atoms with Crippen molar-refractivity contribution in [2.24, 2.45) is 0 Å². The average Bonchev–Trinajstić information content (AvgIpc) is 2.38.